The Labute approximate surface area is 120 Å². The van der Waals surface area contributed by atoms with Gasteiger partial charge in [-0.2, -0.15) is 0 Å². The molecule has 2 N–H and O–H groups in total. The van der Waals surface area contributed by atoms with Crippen LogP contribution in [0.2, 0.25) is 0 Å². The molecule has 0 aromatic rings. The van der Waals surface area contributed by atoms with E-state index in [1.54, 1.807) is 0 Å². The van der Waals surface area contributed by atoms with Crippen molar-refractivity contribution in [2.75, 3.05) is 0 Å². The molecule has 1 saturated carbocycles. The van der Waals surface area contributed by atoms with Gasteiger partial charge < -0.3 is 4.84 Å². The standard InChI is InChI=1S/C17H35NO/c18-19-17-15-13-11-9-7-5-3-1-2-4-6-8-10-12-14-16-17/h17H,1-16,18H2. The number of hydrogen-bond donors (Lipinski definition) is 1. The Morgan fingerprint density at radius 3 is 1.00 bits per heavy atom. The summed E-state index contributed by atoms with van der Waals surface area (Å²) in [6, 6.07) is 0. The van der Waals surface area contributed by atoms with E-state index in [1.165, 1.54) is 89.9 Å². The van der Waals surface area contributed by atoms with Gasteiger partial charge in [0.25, 0.3) is 0 Å². The smallest absolute Gasteiger partial charge is 0.0787 e. The van der Waals surface area contributed by atoms with Crippen molar-refractivity contribution in [3.05, 3.63) is 0 Å². The van der Waals surface area contributed by atoms with E-state index in [2.05, 4.69) is 0 Å². The van der Waals surface area contributed by atoms with Crippen molar-refractivity contribution in [1.29, 1.82) is 0 Å². The van der Waals surface area contributed by atoms with Gasteiger partial charge in [0.15, 0.2) is 0 Å². The maximum atomic E-state index is 5.41. The van der Waals surface area contributed by atoms with Gasteiger partial charge in [0.2, 0.25) is 0 Å². The molecule has 0 amide bonds. The molecule has 0 heterocycles. The minimum atomic E-state index is 0.315. The normalized spacial score (nSPS) is 23.8. The number of rotatable bonds is 1. The predicted octanol–water partition coefficient (Wildman–Crippen LogP) is 5.50. The molecule has 0 spiro atoms. The van der Waals surface area contributed by atoms with E-state index >= 15 is 0 Å². The Hall–Kier alpha value is -0.0800. The van der Waals surface area contributed by atoms with Gasteiger partial charge in [0, 0.05) is 0 Å². The molecule has 114 valence electrons. The molecule has 0 bridgehead atoms. The fourth-order valence-corrected chi connectivity index (χ4v) is 3.15. The van der Waals surface area contributed by atoms with Crippen LogP contribution in [0.4, 0.5) is 0 Å². The predicted molar refractivity (Wildman–Crippen MR) is 82.9 cm³/mol. The minimum absolute atomic E-state index is 0.315. The molecule has 0 atom stereocenters. The van der Waals surface area contributed by atoms with Crippen molar-refractivity contribution in [1.82, 2.24) is 0 Å². The third-order valence-electron chi connectivity index (χ3n) is 4.49. The lowest BCUT2D eigenvalue weighted by atomic mass is 10.0. The van der Waals surface area contributed by atoms with Crippen LogP contribution in [0.3, 0.4) is 0 Å². The van der Waals surface area contributed by atoms with Crippen LogP contribution >= 0.6 is 0 Å². The van der Waals surface area contributed by atoms with Crippen molar-refractivity contribution in [2.45, 2.75) is 109 Å². The molecule has 1 fully saturated rings. The molecule has 0 unspecified atom stereocenters. The van der Waals surface area contributed by atoms with Crippen molar-refractivity contribution < 1.29 is 4.84 Å². The van der Waals surface area contributed by atoms with Crippen LogP contribution in [0.15, 0.2) is 0 Å². The van der Waals surface area contributed by atoms with Crippen molar-refractivity contribution in [3.63, 3.8) is 0 Å². The Kier molecular flexibility index (Phi) is 11.5. The lowest BCUT2D eigenvalue weighted by Crippen LogP contribution is -2.17. The monoisotopic (exact) mass is 269 g/mol. The fourth-order valence-electron chi connectivity index (χ4n) is 3.15. The molecule has 0 radical (unpaired) electrons. The van der Waals surface area contributed by atoms with Gasteiger partial charge >= 0.3 is 0 Å². The van der Waals surface area contributed by atoms with E-state index in [1.807, 2.05) is 0 Å². The number of nitrogens with two attached hydrogens (primary N) is 1. The Morgan fingerprint density at radius 1 is 0.474 bits per heavy atom. The second kappa shape index (κ2) is 12.9. The summed E-state index contributed by atoms with van der Waals surface area (Å²) < 4.78 is 0. The van der Waals surface area contributed by atoms with E-state index < -0.39 is 0 Å². The minimum Gasteiger partial charge on any atom is -0.301 e. The van der Waals surface area contributed by atoms with Gasteiger partial charge in [-0.3, -0.25) is 0 Å². The van der Waals surface area contributed by atoms with E-state index in [4.69, 9.17) is 10.7 Å². The van der Waals surface area contributed by atoms with Crippen LogP contribution in [0.5, 0.6) is 0 Å². The molecular formula is C17H35NO. The third-order valence-corrected chi connectivity index (χ3v) is 4.49. The van der Waals surface area contributed by atoms with E-state index in [0.717, 1.165) is 12.8 Å². The average Bonchev–Trinajstić information content (AvgIpc) is 2.44. The summed E-state index contributed by atoms with van der Waals surface area (Å²) in [6.07, 6.45) is 22.3. The van der Waals surface area contributed by atoms with E-state index in [0.29, 0.717) is 6.10 Å². The van der Waals surface area contributed by atoms with Gasteiger partial charge in [-0.25, -0.2) is 5.90 Å². The highest BCUT2D eigenvalue weighted by Gasteiger charge is 2.07. The molecule has 1 aliphatic carbocycles. The van der Waals surface area contributed by atoms with Crippen LogP contribution in [0.1, 0.15) is 103 Å². The quantitative estimate of drug-likeness (QED) is 0.638. The Morgan fingerprint density at radius 2 is 0.737 bits per heavy atom. The highest BCUT2D eigenvalue weighted by Crippen LogP contribution is 2.17. The first-order valence-corrected chi connectivity index (χ1v) is 8.79. The maximum absolute atomic E-state index is 5.41. The van der Waals surface area contributed by atoms with E-state index in [9.17, 15) is 0 Å². The SMILES string of the molecule is NOC1CCCCCCCCCCCCCCCC1. The topological polar surface area (TPSA) is 35.2 Å². The second-order valence-electron chi connectivity index (χ2n) is 6.29. The molecule has 0 aromatic carbocycles. The summed E-state index contributed by atoms with van der Waals surface area (Å²) in [6.45, 7) is 0. The van der Waals surface area contributed by atoms with Gasteiger partial charge in [-0.15, -0.1) is 0 Å². The summed E-state index contributed by atoms with van der Waals surface area (Å²) in [4.78, 5) is 5.12. The summed E-state index contributed by atoms with van der Waals surface area (Å²) in [7, 11) is 0. The average molecular weight is 269 g/mol. The lowest BCUT2D eigenvalue weighted by molar-refractivity contribution is 0.0378. The molecule has 0 aliphatic heterocycles. The van der Waals surface area contributed by atoms with Crippen LogP contribution in [0, 0.1) is 0 Å². The Balaban J connectivity index is 2.15. The molecular weight excluding hydrogens is 234 g/mol. The van der Waals surface area contributed by atoms with Crippen LogP contribution < -0.4 is 5.90 Å². The first kappa shape index (κ1) is 17.0. The molecule has 1 rings (SSSR count). The van der Waals surface area contributed by atoms with Crippen LogP contribution in [-0.2, 0) is 4.84 Å². The van der Waals surface area contributed by atoms with Crippen molar-refractivity contribution in [3.8, 4) is 0 Å². The molecule has 0 aromatic heterocycles. The largest absolute Gasteiger partial charge is 0.301 e. The molecule has 2 heteroatoms. The number of hydrogen-bond acceptors (Lipinski definition) is 2. The van der Waals surface area contributed by atoms with Gasteiger partial charge in [-0.1, -0.05) is 89.9 Å². The van der Waals surface area contributed by atoms with Crippen LogP contribution in [0.25, 0.3) is 0 Å². The van der Waals surface area contributed by atoms with Crippen molar-refractivity contribution >= 4 is 0 Å². The first-order valence-electron chi connectivity index (χ1n) is 8.79. The molecule has 19 heavy (non-hydrogen) atoms. The molecule has 2 nitrogen and oxygen atoms in total. The Bertz CT molecular complexity index is 166. The molecule has 1 aliphatic rings. The first-order chi connectivity index (χ1) is 9.43. The zero-order chi connectivity index (χ0) is 13.6. The summed E-state index contributed by atoms with van der Waals surface area (Å²) in [5.74, 6) is 5.41. The van der Waals surface area contributed by atoms with Gasteiger partial charge in [0.1, 0.15) is 0 Å². The summed E-state index contributed by atoms with van der Waals surface area (Å²) >= 11 is 0. The van der Waals surface area contributed by atoms with Crippen LogP contribution in [-0.4, -0.2) is 6.10 Å². The zero-order valence-electron chi connectivity index (χ0n) is 12.9. The van der Waals surface area contributed by atoms with Crippen molar-refractivity contribution in [2.24, 2.45) is 5.90 Å². The highest BCUT2D eigenvalue weighted by atomic mass is 16.6. The zero-order valence-corrected chi connectivity index (χ0v) is 12.9. The summed E-state index contributed by atoms with van der Waals surface area (Å²) in [5.41, 5.74) is 0. The highest BCUT2D eigenvalue weighted by molar-refractivity contribution is 4.59. The van der Waals surface area contributed by atoms with E-state index in [-0.39, 0.29) is 0 Å². The molecule has 0 saturated heterocycles. The van der Waals surface area contributed by atoms with Gasteiger partial charge in [-0.05, 0) is 12.8 Å². The third kappa shape index (κ3) is 10.4. The lowest BCUT2D eigenvalue weighted by Gasteiger charge is -2.14. The fraction of sp³-hybridized carbons (Fsp3) is 1.00. The summed E-state index contributed by atoms with van der Waals surface area (Å²) in [5, 5.41) is 0. The second-order valence-corrected chi connectivity index (χ2v) is 6.29. The maximum Gasteiger partial charge on any atom is 0.0787 e. The van der Waals surface area contributed by atoms with Gasteiger partial charge in [0.05, 0.1) is 6.10 Å².